The number of nitrogens with one attached hydrogen (secondary N) is 1. The predicted molar refractivity (Wildman–Crippen MR) is 174 cm³/mol. The second-order valence-electron chi connectivity index (χ2n) is 11.2. The number of rotatable bonds is 10. The molecule has 1 aliphatic rings. The van der Waals surface area contributed by atoms with Gasteiger partial charge >= 0.3 is 0 Å². The van der Waals surface area contributed by atoms with Gasteiger partial charge in [-0.2, -0.15) is 0 Å². The van der Waals surface area contributed by atoms with Crippen molar-refractivity contribution in [3.05, 3.63) is 137 Å². The highest BCUT2D eigenvalue weighted by atomic mass is 32.2. The molecule has 1 fully saturated rings. The first-order valence-corrected chi connectivity index (χ1v) is 16.0. The van der Waals surface area contributed by atoms with E-state index in [1.54, 1.807) is 30.2 Å². The molecule has 9 heteroatoms. The van der Waals surface area contributed by atoms with Crippen LogP contribution in [0, 0.1) is 5.92 Å². The van der Waals surface area contributed by atoms with Crippen molar-refractivity contribution in [1.29, 1.82) is 0 Å². The van der Waals surface area contributed by atoms with E-state index < -0.39 is 6.29 Å². The highest BCUT2D eigenvalue weighted by Gasteiger charge is 2.38. The molecule has 0 radical (unpaired) electrons. The van der Waals surface area contributed by atoms with Crippen molar-refractivity contribution in [3.8, 4) is 11.1 Å². The Bertz CT molecular complexity index is 1730. The van der Waals surface area contributed by atoms with Crippen LogP contribution in [0.25, 0.3) is 11.1 Å². The quantitative estimate of drug-likeness (QED) is 0.172. The molecule has 2 heterocycles. The normalized spacial score (nSPS) is 19.7. The van der Waals surface area contributed by atoms with Gasteiger partial charge in [0.25, 0.3) is 5.91 Å². The van der Waals surface area contributed by atoms with E-state index in [-0.39, 0.29) is 30.6 Å². The van der Waals surface area contributed by atoms with Crippen LogP contribution in [0.4, 0.5) is 0 Å². The van der Waals surface area contributed by atoms with Gasteiger partial charge < -0.3 is 24.5 Å². The van der Waals surface area contributed by atoms with E-state index in [0.29, 0.717) is 17.9 Å². The zero-order valence-electron chi connectivity index (χ0n) is 25.2. The number of aromatic nitrogens is 3. The van der Waals surface area contributed by atoms with Crippen LogP contribution in [-0.2, 0) is 29.7 Å². The lowest BCUT2D eigenvalue weighted by molar-refractivity contribution is -0.268. The van der Waals surface area contributed by atoms with Gasteiger partial charge in [0.15, 0.2) is 11.4 Å². The molecule has 0 unspecified atom stereocenters. The first-order chi connectivity index (χ1) is 22.0. The van der Waals surface area contributed by atoms with Crippen LogP contribution in [0.15, 0.2) is 115 Å². The summed E-state index contributed by atoms with van der Waals surface area (Å²) in [4.78, 5) is 12.6. The van der Waals surface area contributed by atoms with E-state index in [1.807, 2.05) is 78.3 Å². The fourth-order valence-electron chi connectivity index (χ4n) is 5.47. The van der Waals surface area contributed by atoms with Crippen molar-refractivity contribution in [2.45, 2.75) is 43.7 Å². The third kappa shape index (κ3) is 7.34. The Morgan fingerprint density at radius 1 is 0.889 bits per heavy atom. The highest BCUT2D eigenvalue weighted by Crippen LogP contribution is 2.43. The number of nitrogens with zero attached hydrogens (tertiary/aromatic N) is 3. The number of carbonyl (C=O) groups excluding carboxylic acids is 1. The Balaban J connectivity index is 1.22. The van der Waals surface area contributed by atoms with Crippen LogP contribution in [0.2, 0.25) is 0 Å². The number of carbonyl (C=O) groups is 1. The fourth-order valence-corrected chi connectivity index (χ4v) is 6.52. The molecule has 1 aliphatic heterocycles. The monoisotopic (exact) mass is 620 g/mol. The fraction of sp³-hybridized carbons (Fsp3) is 0.250. The zero-order valence-corrected chi connectivity index (χ0v) is 26.1. The first kappa shape index (κ1) is 30.7. The van der Waals surface area contributed by atoms with E-state index in [2.05, 4.69) is 46.7 Å². The van der Waals surface area contributed by atoms with E-state index in [1.165, 1.54) is 0 Å². The summed E-state index contributed by atoms with van der Waals surface area (Å²) in [5.41, 5.74) is 6.55. The lowest BCUT2D eigenvalue weighted by Gasteiger charge is -2.41. The SMILES string of the molecule is C[C@@H]1[C@H](CSc2nncn2C)O[C@H](c2cccc(-c3cccc(CNC(=O)c4ccccc4)c3)c2)O[C@@H]1c1ccc(CO)cc1. The third-order valence-corrected chi connectivity index (χ3v) is 9.20. The van der Waals surface area contributed by atoms with Gasteiger partial charge in [0.05, 0.1) is 18.8 Å². The summed E-state index contributed by atoms with van der Waals surface area (Å²) in [6, 6.07) is 33.6. The Morgan fingerprint density at radius 3 is 2.38 bits per heavy atom. The second-order valence-corrected chi connectivity index (χ2v) is 12.2. The molecule has 5 aromatic rings. The average molecular weight is 621 g/mol. The summed E-state index contributed by atoms with van der Waals surface area (Å²) < 4.78 is 15.2. The van der Waals surface area contributed by atoms with Gasteiger partial charge in [0, 0.05) is 36.4 Å². The summed E-state index contributed by atoms with van der Waals surface area (Å²) in [7, 11) is 1.93. The maximum Gasteiger partial charge on any atom is 0.251 e. The predicted octanol–water partition coefficient (Wildman–Crippen LogP) is 6.49. The van der Waals surface area contributed by atoms with E-state index in [0.717, 1.165) is 38.5 Å². The van der Waals surface area contributed by atoms with E-state index in [4.69, 9.17) is 9.47 Å². The van der Waals surface area contributed by atoms with Crippen LogP contribution >= 0.6 is 11.8 Å². The minimum absolute atomic E-state index is 0.00253. The first-order valence-electron chi connectivity index (χ1n) is 15.0. The number of thioether (sulfide) groups is 1. The van der Waals surface area contributed by atoms with Gasteiger partial charge in [-0.25, -0.2) is 0 Å². The van der Waals surface area contributed by atoms with Crippen LogP contribution < -0.4 is 5.32 Å². The van der Waals surface area contributed by atoms with E-state index in [9.17, 15) is 9.90 Å². The smallest absolute Gasteiger partial charge is 0.251 e. The second kappa shape index (κ2) is 14.2. The number of amides is 1. The number of aryl methyl sites for hydroxylation is 1. The van der Waals surface area contributed by atoms with Crippen LogP contribution in [0.5, 0.6) is 0 Å². The molecule has 1 saturated heterocycles. The van der Waals surface area contributed by atoms with Crippen LogP contribution in [-0.4, -0.2) is 37.6 Å². The van der Waals surface area contributed by atoms with E-state index >= 15 is 0 Å². The van der Waals surface area contributed by atoms with Crippen LogP contribution in [0.3, 0.4) is 0 Å². The molecule has 0 saturated carbocycles. The molecule has 0 spiro atoms. The Morgan fingerprint density at radius 2 is 1.64 bits per heavy atom. The molecular weight excluding hydrogens is 584 g/mol. The Kier molecular flexibility index (Phi) is 9.71. The summed E-state index contributed by atoms with van der Waals surface area (Å²) >= 11 is 1.62. The summed E-state index contributed by atoms with van der Waals surface area (Å²) in [5, 5.41) is 21.6. The van der Waals surface area contributed by atoms with Gasteiger partial charge in [-0.1, -0.05) is 97.5 Å². The van der Waals surface area contributed by atoms with Crippen molar-refractivity contribution in [1.82, 2.24) is 20.1 Å². The van der Waals surface area contributed by atoms with Gasteiger partial charge in [-0.05, 0) is 52.1 Å². The Labute approximate surface area is 267 Å². The van der Waals surface area contributed by atoms with Crippen molar-refractivity contribution in [3.63, 3.8) is 0 Å². The molecule has 4 aromatic carbocycles. The molecule has 0 aliphatic carbocycles. The maximum atomic E-state index is 12.6. The summed E-state index contributed by atoms with van der Waals surface area (Å²) in [5.74, 6) is 0.652. The molecule has 1 amide bonds. The molecular formula is C36H36N4O4S. The summed E-state index contributed by atoms with van der Waals surface area (Å²) in [6.45, 7) is 2.58. The maximum absolute atomic E-state index is 12.6. The number of benzene rings is 4. The lowest BCUT2D eigenvalue weighted by Crippen LogP contribution is -2.38. The number of aliphatic hydroxyl groups excluding tert-OH is 1. The molecule has 1 aromatic heterocycles. The highest BCUT2D eigenvalue weighted by molar-refractivity contribution is 7.99. The van der Waals surface area contributed by atoms with Crippen molar-refractivity contribution in [2.75, 3.05) is 5.75 Å². The van der Waals surface area contributed by atoms with Crippen LogP contribution in [0.1, 0.15) is 51.9 Å². The minimum atomic E-state index is -0.581. The number of ether oxygens (including phenoxy) is 2. The standard InChI is InChI=1S/C36H36N4O4S/c1-24-32(22-45-36-39-38-23-40(36)2)43-35(44-33(24)27-16-14-25(21-41)15-17-27)31-13-7-12-30(19-31)29-11-6-8-26(18-29)20-37-34(42)28-9-4-3-5-10-28/h3-19,23-24,32-33,35,41H,20-22H2,1-2H3,(H,37,42)/t24-,32+,33+,35+/m1/s1. The van der Waals surface area contributed by atoms with Gasteiger partial charge in [-0.15, -0.1) is 10.2 Å². The molecule has 0 bridgehead atoms. The molecule has 8 nitrogen and oxygen atoms in total. The van der Waals surface area contributed by atoms with Crippen molar-refractivity contribution < 1.29 is 19.4 Å². The van der Waals surface area contributed by atoms with Crippen molar-refractivity contribution in [2.24, 2.45) is 13.0 Å². The Hall–Kier alpha value is -4.28. The minimum Gasteiger partial charge on any atom is -0.392 e. The zero-order chi connectivity index (χ0) is 31.2. The molecule has 6 rings (SSSR count). The topological polar surface area (TPSA) is 98.5 Å². The molecule has 2 N–H and O–H groups in total. The number of hydrogen-bond acceptors (Lipinski definition) is 7. The average Bonchev–Trinajstić information content (AvgIpc) is 3.51. The molecule has 230 valence electrons. The van der Waals surface area contributed by atoms with Gasteiger partial charge in [0.2, 0.25) is 0 Å². The van der Waals surface area contributed by atoms with Gasteiger partial charge in [-0.3, -0.25) is 4.79 Å². The van der Waals surface area contributed by atoms with Gasteiger partial charge in [0.1, 0.15) is 6.33 Å². The number of hydrogen-bond donors (Lipinski definition) is 2. The third-order valence-electron chi connectivity index (χ3n) is 8.08. The lowest BCUT2D eigenvalue weighted by atomic mass is 9.91. The largest absolute Gasteiger partial charge is 0.392 e. The van der Waals surface area contributed by atoms with Crippen molar-refractivity contribution >= 4 is 17.7 Å². The molecule has 4 atom stereocenters. The molecule has 45 heavy (non-hydrogen) atoms. The number of aliphatic hydroxyl groups is 1. The summed E-state index contributed by atoms with van der Waals surface area (Å²) in [6.07, 6.45) is 0.792.